The van der Waals surface area contributed by atoms with Gasteiger partial charge in [-0.2, -0.15) is 0 Å². The standard InChI is InChI=1S/C15H20N2/c1-4-5-11-16-14-7-6-8-15-13(14)10-9-12(2)17(15)3/h4,6-8,11-12H,1,5,9-10H2,2-3H3/b16-11+. The van der Waals surface area contributed by atoms with Crippen LogP contribution in [-0.2, 0) is 6.42 Å². The molecule has 0 amide bonds. The van der Waals surface area contributed by atoms with Gasteiger partial charge in [-0.25, -0.2) is 0 Å². The predicted octanol–water partition coefficient (Wildman–Crippen LogP) is 3.74. The maximum absolute atomic E-state index is 4.55. The van der Waals surface area contributed by atoms with Gasteiger partial charge in [0, 0.05) is 37.0 Å². The molecule has 0 fully saturated rings. The molecule has 1 atom stereocenters. The van der Waals surface area contributed by atoms with Gasteiger partial charge >= 0.3 is 0 Å². The van der Waals surface area contributed by atoms with Gasteiger partial charge in [0.2, 0.25) is 0 Å². The van der Waals surface area contributed by atoms with Crippen LogP contribution in [-0.4, -0.2) is 19.3 Å². The molecule has 2 rings (SSSR count). The molecule has 1 aliphatic rings. The summed E-state index contributed by atoms with van der Waals surface area (Å²) in [4.78, 5) is 6.90. The van der Waals surface area contributed by atoms with Gasteiger partial charge in [0.15, 0.2) is 0 Å². The molecule has 0 N–H and O–H groups in total. The topological polar surface area (TPSA) is 15.6 Å². The lowest BCUT2D eigenvalue weighted by atomic mass is 9.96. The van der Waals surface area contributed by atoms with Gasteiger partial charge in [-0.05, 0) is 31.9 Å². The first-order valence-corrected chi connectivity index (χ1v) is 6.22. The van der Waals surface area contributed by atoms with Crippen molar-refractivity contribution in [3.8, 4) is 0 Å². The van der Waals surface area contributed by atoms with Crippen LogP contribution in [0.15, 0.2) is 35.8 Å². The van der Waals surface area contributed by atoms with Crippen molar-refractivity contribution in [2.45, 2.75) is 32.2 Å². The lowest BCUT2D eigenvalue weighted by Crippen LogP contribution is -2.33. The van der Waals surface area contributed by atoms with E-state index in [-0.39, 0.29) is 0 Å². The molecule has 0 radical (unpaired) electrons. The summed E-state index contributed by atoms with van der Waals surface area (Å²) in [5.41, 5.74) is 3.83. The summed E-state index contributed by atoms with van der Waals surface area (Å²) in [6.45, 7) is 5.98. The van der Waals surface area contributed by atoms with Crippen molar-refractivity contribution >= 4 is 17.6 Å². The molecular formula is C15H20N2. The van der Waals surface area contributed by atoms with Gasteiger partial charge < -0.3 is 4.90 Å². The smallest absolute Gasteiger partial charge is 0.0678 e. The number of benzene rings is 1. The Kier molecular flexibility index (Phi) is 3.62. The summed E-state index contributed by atoms with van der Waals surface area (Å²) in [6, 6.07) is 7.00. The van der Waals surface area contributed by atoms with Gasteiger partial charge in [-0.1, -0.05) is 12.1 Å². The molecular weight excluding hydrogens is 208 g/mol. The minimum Gasteiger partial charge on any atom is -0.372 e. The normalized spacial score (nSPS) is 19.4. The number of hydrogen-bond acceptors (Lipinski definition) is 2. The zero-order valence-electron chi connectivity index (χ0n) is 10.7. The lowest BCUT2D eigenvalue weighted by molar-refractivity contribution is 0.599. The minimum atomic E-state index is 0.620. The molecule has 2 nitrogen and oxygen atoms in total. The maximum atomic E-state index is 4.55. The molecule has 0 spiro atoms. The van der Waals surface area contributed by atoms with E-state index in [1.807, 2.05) is 12.3 Å². The molecule has 1 aromatic carbocycles. The quantitative estimate of drug-likeness (QED) is 0.568. The van der Waals surface area contributed by atoms with E-state index in [0.29, 0.717) is 6.04 Å². The van der Waals surface area contributed by atoms with Crippen LogP contribution in [0, 0.1) is 0 Å². The van der Waals surface area contributed by atoms with Crippen LogP contribution < -0.4 is 4.90 Å². The highest BCUT2D eigenvalue weighted by Crippen LogP contribution is 2.35. The van der Waals surface area contributed by atoms with E-state index in [1.54, 1.807) is 0 Å². The summed E-state index contributed by atoms with van der Waals surface area (Å²) in [7, 11) is 2.17. The molecule has 0 saturated heterocycles. The molecule has 1 aromatic rings. The fourth-order valence-corrected chi connectivity index (χ4v) is 2.28. The zero-order valence-corrected chi connectivity index (χ0v) is 10.7. The van der Waals surface area contributed by atoms with Gasteiger partial charge in [-0.3, -0.25) is 4.99 Å². The van der Waals surface area contributed by atoms with Crippen LogP contribution >= 0.6 is 0 Å². The van der Waals surface area contributed by atoms with Crippen LogP contribution in [0.5, 0.6) is 0 Å². The average Bonchev–Trinajstić information content (AvgIpc) is 2.35. The number of fused-ring (bicyclic) bond motifs is 1. The van der Waals surface area contributed by atoms with E-state index < -0.39 is 0 Å². The van der Waals surface area contributed by atoms with E-state index in [4.69, 9.17) is 0 Å². The number of rotatable bonds is 3. The number of hydrogen-bond donors (Lipinski definition) is 0. The number of aliphatic imine (C=N–C) groups is 1. The van der Waals surface area contributed by atoms with E-state index in [2.05, 4.69) is 48.6 Å². The van der Waals surface area contributed by atoms with E-state index in [1.165, 1.54) is 17.7 Å². The van der Waals surface area contributed by atoms with E-state index in [0.717, 1.165) is 18.5 Å². The van der Waals surface area contributed by atoms with E-state index >= 15 is 0 Å². The van der Waals surface area contributed by atoms with Crippen LogP contribution in [0.2, 0.25) is 0 Å². The fraction of sp³-hybridized carbons (Fsp3) is 0.400. The number of allylic oxidation sites excluding steroid dienone is 1. The van der Waals surface area contributed by atoms with Crippen molar-refractivity contribution in [3.05, 3.63) is 36.4 Å². The Morgan fingerprint density at radius 2 is 2.35 bits per heavy atom. The SMILES string of the molecule is C=CC/C=N/c1cccc2c1CCC(C)N2C. The third kappa shape index (κ3) is 2.41. The Morgan fingerprint density at radius 3 is 3.12 bits per heavy atom. The van der Waals surface area contributed by atoms with Crippen molar-refractivity contribution in [1.29, 1.82) is 0 Å². The largest absolute Gasteiger partial charge is 0.372 e. The molecule has 17 heavy (non-hydrogen) atoms. The highest BCUT2D eigenvalue weighted by Gasteiger charge is 2.21. The van der Waals surface area contributed by atoms with Crippen molar-refractivity contribution in [2.24, 2.45) is 4.99 Å². The Hall–Kier alpha value is -1.57. The molecule has 0 aliphatic carbocycles. The van der Waals surface area contributed by atoms with Gasteiger partial charge in [0.05, 0.1) is 5.69 Å². The second-order valence-electron chi connectivity index (χ2n) is 4.61. The van der Waals surface area contributed by atoms with Crippen LogP contribution in [0.4, 0.5) is 11.4 Å². The second kappa shape index (κ2) is 5.17. The number of nitrogens with zero attached hydrogens (tertiary/aromatic N) is 2. The Balaban J connectivity index is 2.33. The minimum absolute atomic E-state index is 0.620. The molecule has 1 heterocycles. The summed E-state index contributed by atoms with van der Waals surface area (Å²) >= 11 is 0. The first-order chi connectivity index (χ1) is 8.24. The van der Waals surface area contributed by atoms with Gasteiger partial charge in [-0.15, -0.1) is 6.58 Å². The van der Waals surface area contributed by atoms with Crippen LogP contribution in [0.1, 0.15) is 25.3 Å². The Labute approximate surface area is 104 Å². The first-order valence-electron chi connectivity index (χ1n) is 6.22. The lowest BCUT2D eigenvalue weighted by Gasteiger charge is -2.34. The van der Waals surface area contributed by atoms with Crippen molar-refractivity contribution in [2.75, 3.05) is 11.9 Å². The molecule has 0 bridgehead atoms. The monoisotopic (exact) mass is 228 g/mol. The summed E-state index contributed by atoms with van der Waals surface area (Å²) < 4.78 is 0. The molecule has 1 unspecified atom stereocenters. The third-order valence-electron chi connectivity index (χ3n) is 3.48. The number of anilines is 1. The molecule has 90 valence electrons. The highest BCUT2D eigenvalue weighted by atomic mass is 15.1. The molecule has 0 saturated carbocycles. The van der Waals surface area contributed by atoms with Crippen molar-refractivity contribution in [3.63, 3.8) is 0 Å². The molecule has 1 aliphatic heterocycles. The third-order valence-corrected chi connectivity index (χ3v) is 3.48. The average molecular weight is 228 g/mol. The van der Waals surface area contributed by atoms with Crippen molar-refractivity contribution < 1.29 is 0 Å². The predicted molar refractivity (Wildman–Crippen MR) is 75.6 cm³/mol. The Bertz CT molecular complexity index is 435. The second-order valence-corrected chi connectivity index (χ2v) is 4.61. The summed E-state index contributed by atoms with van der Waals surface area (Å²) in [5, 5.41) is 0. The first kappa shape index (κ1) is 11.9. The van der Waals surface area contributed by atoms with Crippen molar-refractivity contribution in [1.82, 2.24) is 0 Å². The van der Waals surface area contributed by atoms with E-state index in [9.17, 15) is 0 Å². The van der Waals surface area contributed by atoms with Gasteiger partial charge in [0.1, 0.15) is 0 Å². The summed E-state index contributed by atoms with van der Waals surface area (Å²) in [5.74, 6) is 0. The maximum Gasteiger partial charge on any atom is 0.0678 e. The van der Waals surface area contributed by atoms with Gasteiger partial charge in [0.25, 0.3) is 0 Å². The zero-order chi connectivity index (χ0) is 12.3. The fourth-order valence-electron chi connectivity index (χ4n) is 2.28. The van der Waals surface area contributed by atoms with Crippen LogP contribution in [0.3, 0.4) is 0 Å². The highest BCUT2D eigenvalue weighted by molar-refractivity contribution is 5.71. The van der Waals surface area contributed by atoms with Crippen LogP contribution in [0.25, 0.3) is 0 Å². The Morgan fingerprint density at radius 1 is 1.53 bits per heavy atom. The summed E-state index contributed by atoms with van der Waals surface area (Å²) in [6.07, 6.45) is 6.96. The molecule has 2 heteroatoms. The molecule has 0 aromatic heterocycles.